The first-order valence-electron chi connectivity index (χ1n) is 5.55. The summed E-state index contributed by atoms with van der Waals surface area (Å²) in [5.41, 5.74) is 1.44. The monoisotopic (exact) mass is 295 g/mol. The average Bonchev–Trinajstić information content (AvgIpc) is 2.38. The van der Waals surface area contributed by atoms with Crippen LogP contribution in [0.25, 0.3) is 0 Å². The van der Waals surface area contributed by atoms with Crippen LogP contribution in [0.4, 0.5) is 5.69 Å². The van der Waals surface area contributed by atoms with Gasteiger partial charge in [-0.15, -0.1) is 0 Å². The zero-order valence-corrected chi connectivity index (χ0v) is 11.7. The fourth-order valence-corrected chi connectivity index (χ4v) is 2.10. The summed E-state index contributed by atoms with van der Waals surface area (Å²) in [6.45, 7) is 1.83. The number of carbonyl (C=O) groups excluding carboxylic acids is 1. The molecule has 6 heteroatoms. The number of benzene rings is 1. The molecule has 0 unspecified atom stereocenters. The second kappa shape index (κ2) is 5.99. The van der Waals surface area contributed by atoms with Crippen molar-refractivity contribution in [2.45, 2.75) is 13.5 Å². The molecule has 1 aromatic heterocycles. The third kappa shape index (κ3) is 3.43. The van der Waals surface area contributed by atoms with Gasteiger partial charge >= 0.3 is 0 Å². The van der Waals surface area contributed by atoms with Gasteiger partial charge in [-0.2, -0.15) is 0 Å². The van der Waals surface area contributed by atoms with Crippen molar-refractivity contribution in [3.8, 4) is 0 Å². The summed E-state index contributed by atoms with van der Waals surface area (Å²) < 4.78 is 0. The SMILES string of the molecule is CC(=O)N(Cc1ccc(Cl)cc1Cl)c1cncnc1. The van der Waals surface area contributed by atoms with Crippen LogP contribution in [-0.2, 0) is 11.3 Å². The molecule has 0 aliphatic rings. The van der Waals surface area contributed by atoms with E-state index in [-0.39, 0.29) is 5.91 Å². The number of halogens is 2. The minimum Gasteiger partial charge on any atom is -0.305 e. The zero-order valence-electron chi connectivity index (χ0n) is 10.2. The highest BCUT2D eigenvalue weighted by molar-refractivity contribution is 6.35. The summed E-state index contributed by atoms with van der Waals surface area (Å²) in [7, 11) is 0. The van der Waals surface area contributed by atoms with Crippen molar-refractivity contribution in [3.63, 3.8) is 0 Å². The van der Waals surface area contributed by atoms with Gasteiger partial charge in [0.05, 0.1) is 24.6 Å². The van der Waals surface area contributed by atoms with Crippen molar-refractivity contribution in [2.24, 2.45) is 0 Å². The van der Waals surface area contributed by atoms with E-state index in [0.717, 1.165) is 5.56 Å². The lowest BCUT2D eigenvalue weighted by Gasteiger charge is -2.21. The van der Waals surface area contributed by atoms with Crippen LogP contribution in [0, 0.1) is 0 Å². The Balaban J connectivity index is 2.29. The molecule has 1 aromatic carbocycles. The molecule has 98 valence electrons. The number of hydrogen-bond acceptors (Lipinski definition) is 3. The molecule has 0 radical (unpaired) electrons. The molecule has 19 heavy (non-hydrogen) atoms. The molecule has 0 saturated carbocycles. The number of carbonyl (C=O) groups is 1. The highest BCUT2D eigenvalue weighted by atomic mass is 35.5. The molecule has 2 aromatic rings. The van der Waals surface area contributed by atoms with Gasteiger partial charge in [0.2, 0.25) is 5.91 Å². The summed E-state index contributed by atoms with van der Waals surface area (Å²) in [5, 5.41) is 1.08. The Kier molecular flexibility index (Phi) is 4.35. The number of aromatic nitrogens is 2. The van der Waals surface area contributed by atoms with Gasteiger partial charge in [0.25, 0.3) is 0 Å². The van der Waals surface area contributed by atoms with Crippen LogP contribution in [0.2, 0.25) is 10.0 Å². The molecule has 2 rings (SSSR count). The van der Waals surface area contributed by atoms with Crippen molar-refractivity contribution in [1.29, 1.82) is 0 Å². The molecule has 0 spiro atoms. The fourth-order valence-electron chi connectivity index (χ4n) is 1.64. The average molecular weight is 296 g/mol. The van der Waals surface area contributed by atoms with Crippen LogP contribution >= 0.6 is 23.2 Å². The summed E-state index contributed by atoms with van der Waals surface area (Å²) in [5.74, 6) is -0.110. The molecule has 0 N–H and O–H groups in total. The summed E-state index contributed by atoms with van der Waals surface area (Å²) in [6, 6.07) is 5.19. The first kappa shape index (κ1) is 13.8. The van der Waals surface area contributed by atoms with Crippen molar-refractivity contribution in [1.82, 2.24) is 9.97 Å². The summed E-state index contributed by atoms with van der Waals surface area (Å²) >= 11 is 12.0. The highest BCUT2D eigenvalue weighted by Crippen LogP contribution is 2.24. The van der Waals surface area contributed by atoms with Gasteiger partial charge in [-0.1, -0.05) is 29.3 Å². The van der Waals surface area contributed by atoms with E-state index < -0.39 is 0 Å². The predicted octanol–water partition coefficient (Wildman–Crippen LogP) is 3.34. The van der Waals surface area contributed by atoms with E-state index in [1.54, 1.807) is 35.5 Å². The molecule has 0 aliphatic carbocycles. The van der Waals surface area contributed by atoms with Crippen LogP contribution in [0.1, 0.15) is 12.5 Å². The number of rotatable bonds is 3. The quantitative estimate of drug-likeness (QED) is 0.872. The molecule has 0 saturated heterocycles. The smallest absolute Gasteiger partial charge is 0.224 e. The molecule has 1 amide bonds. The standard InChI is InChI=1S/C13H11Cl2N3O/c1-9(19)18(12-5-16-8-17-6-12)7-10-2-3-11(14)4-13(10)15/h2-6,8H,7H2,1H3. The highest BCUT2D eigenvalue weighted by Gasteiger charge is 2.14. The van der Waals surface area contributed by atoms with Crippen LogP contribution in [0.3, 0.4) is 0 Å². The van der Waals surface area contributed by atoms with E-state index in [1.165, 1.54) is 13.3 Å². The minimum absolute atomic E-state index is 0.110. The largest absolute Gasteiger partial charge is 0.305 e. The second-order valence-corrected chi connectivity index (χ2v) is 4.78. The van der Waals surface area contributed by atoms with Crippen molar-refractivity contribution >= 4 is 34.8 Å². The topological polar surface area (TPSA) is 46.1 Å². The van der Waals surface area contributed by atoms with Gasteiger partial charge in [0.1, 0.15) is 6.33 Å². The molecule has 0 bridgehead atoms. The van der Waals surface area contributed by atoms with E-state index in [1.807, 2.05) is 0 Å². The van der Waals surface area contributed by atoms with Crippen molar-refractivity contribution < 1.29 is 4.79 Å². The maximum Gasteiger partial charge on any atom is 0.224 e. The normalized spacial score (nSPS) is 10.3. The van der Waals surface area contributed by atoms with Crippen LogP contribution in [-0.4, -0.2) is 15.9 Å². The third-order valence-corrected chi connectivity index (χ3v) is 3.17. The van der Waals surface area contributed by atoms with Gasteiger partial charge in [0, 0.05) is 17.0 Å². The Morgan fingerprint density at radius 2 is 1.95 bits per heavy atom. The lowest BCUT2D eigenvalue weighted by molar-refractivity contribution is -0.116. The Bertz CT molecular complexity index is 590. The van der Waals surface area contributed by atoms with E-state index in [4.69, 9.17) is 23.2 Å². The van der Waals surface area contributed by atoms with Crippen LogP contribution < -0.4 is 4.90 Å². The number of hydrogen-bond donors (Lipinski definition) is 0. The molecule has 1 heterocycles. The third-order valence-electron chi connectivity index (χ3n) is 2.58. The second-order valence-electron chi connectivity index (χ2n) is 3.94. The van der Waals surface area contributed by atoms with Gasteiger partial charge in [-0.05, 0) is 17.7 Å². The van der Waals surface area contributed by atoms with Gasteiger partial charge in [-0.3, -0.25) is 4.79 Å². The molecule has 0 aliphatic heterocycles. The number of anilines is 1. The van der Waals surface area contributed by atoms with Crippen molar-refractivity contribution in [3.05, 3.63) is 52.5 Å². The summed E-state index contributed by atoms with van der Waals surface area (Å²) in [4.78, 5) is 21.1. The Morgan fingerprint density at radius 3 is 2.53 bits per heavy atom. The molecule has 4 nitrogen and oxygen atoms in total. The first-order chi connectivity index (χ1) is 9.08. The number of nitrogens with zero attached hydrogens (tertiary/aromatic N) is 3. The summed E-state index contributed by atoms with van der Waals surface area (Å²) in [6.07, 6.45) is 4.58. The maximum absolute atomic E-state index is 11.7. The maximum atomic E-state index is 11.7. The van der Waals surface area contributed by atoms with Crippen LogP contribution in [0.15, 0.2) is 36.9 Å². The van der Waals surface area contributed by atoms with Gasteiger partial charge in [0.15, 0.2) is 0 Å². The van der Waals surface area contributed by atoms with Gasteiger partial charge in [-0.25, -0.2) is 9.97 Å². The molecule has 0 atom stereocenters. The van der Waals surface area contributed by atoms with E-state index in [2.05, 4.69) is 9.97 Å². The zero-order chi connectivity index (χ0) is 13.8. The Labute approximate surface area is 121 Å². The van der Waals surface area contributed by atoms with E-state index in [9.17, 15) is 4.79 Å². The van der Waals surface area contributed by atoms with Crippen LogP contribution in [0.5, 0.6) is 0 Å². The number of amides is 1. The molecular formula is C13H11Cl2N3O. The van der Waals surface area contributed by atoms with E-state index >= 15 is 0 Å². The fraction of sp³-hybridized carbons (Fsp3) is 0.154. The lowest BCUT2D eigenvalue weighted by Crippen LogP contribution is -2.28. The molecule has 0 fully saturated rings. The van der Waals surface area contributed by atoms with Crippen molar-refractivity contribution in [2.75, 3.05) is 4.90 Å². The predicted molar refractivity (Wildman–Crippen MR) is 75.4 cm³/mol. The Hall–Kier alpha value is -1.65. The Morgan fingerprint density at radius 1 is 1.26 bits per heavy atom. The van der Waals surface area contributed by atoms with Gasteiger partial charge < -0.3 is 4.90 Å². The first-order valence-corrected chi connectivity index (χ1v) is 6.30. The molecular weight excluding hydrogens is 285 g/mol. The lowest BCUT2D eigenvalue weighted by atomic mass is 10.2. The minimum atomic E-state index is -0.110. The van der Waals surface area contributed by atoms with E-state index in [0.29, 0.717) is 22.3 Å².